The highest BCUT2D eigenvalue weighted by molar-refractivity contribution is 5.96. The van der Waals surface area contributed by atoms with Gasteiger partial charge < -0.3 is 11.1 Å². The van der Waals surface area contributed by atoms with Crippen LogP contribution in [0.25, 0.3) is 0 Å². The smallest absolute Gasteiger partial charge is 0.251 e. The second-order valence-corrected chi connectivity index (χ2v) is 2.66. The first kappa shape index (κ1) is 10.2. The summed E-state index contributed by atoms with van der Waals surface area (Å²) < 4.78 is 12.7. The Labute approximate surface area is 79.9 Å². The molecular weight excluding hydrogens is 187 g/mol. The van der Waals surface area contributed by atoms with E-state index < -0.39 is 17.6 Å². The van der Waals surface area contributed by atoms with E-state index in [2.05, 4.69) is 5.32 Å². The third-order valence-electron chi connectivity index (χ3n) is 1.51. The van der Waals surface area contributed by atoms with Crippen LogP contribution in [0.15, 0.2) is 24.3 Å². The Morgan fingerprint density at radius 3 is 2.71 bits per heavy atom. The minimum Gasteiger partial charge on any atom is -0.368 e. The van der Waals surface area contributed by atoms with Gasteiger partial charge in [-0.2, -0.15) is 0 Å². The topological polar surface area (TPSA) is 72.2 Å². The molecule has 0 aliphatic rings. The van der Waals surface area contributed by atoms with Crippen molar-refractivity contribution in [1.29, 1.82) is 0 Å². The van der Waals surface area contributed by atoms with Crippen LogP contribution in [0.5, 0.6) is 0 Å². The molecule has 0 radical (unpaired) electrons. The fourth-order valence-corrected chi connectivity index (χ4v) is 0.899. The Balaban J connectivity index is 2.65. The number of rotatable bonds is 3. The van der Waals surface area contributed by atoms with Crippen molar-refractivity contribution in [3.63, 3.8) is 0 Å². The lowest BCUT2D eigenvalue weighted by Crippen LogP contribution is -2.33. The number of carbonyl (C=O) groups is 2. The predicted octanol–water partition coefficient (Wildman–Crippen LogP) is 0.0408. The number of hydrogen-bond donors (Lipinski definition) is 2. The van der Waals surface area contributed by atoms with E-state index in [9.17, 15) is 14.0 Å². The molecule has 0 heterocycles. The summed E-state index contributed by atoms with van der Waals surface area (Å²) in [5, 5.41) is 2.25. The summed E-state index contributed by atoms with van der Waals surface area (Å²) in [7, 11) is 0. The first-order valence-corrected chi connectivity index (χ1v) is 3.91. The summed E-state index contributed by atoms with van der Waals surface area (Å²) in [6.45, 7) is -0.255. The van der Waals surface area contributed by atoms with E-state index in [0.29, 0.717) is 0 Å². The quantitative estimate of drug-likeness (QED) is 0.716. The summed E-state index contributed by atoms with van der Waals surface area (Å²) in [5.41, 5.74) is 4.98. The van der Waals surface area contributed by atoms with Crippen molar-refractivity contribution in [3.8, 4) is 0 Å². The van der Waals surface area contributed by atoms with E-state index in [-0.39, 0.29) is 12.1 Å². The van der Waals surface area contributed by atoms with Crippen LogP contribution in [0, 0.1) is 5.82 Å². The van der Waals surface area contributed by atoms with Crippen molar-refractivity contribution < 1.29 is 14.0 Å². The molecule has 0 aliphatic carbocycles. The highest BCUT2D eigenvalue weighted by Gasteiger charge is 2.06. The molecule has 0 unspecified atom stereocenters. The van der Waals surface area contributed by atoms with Gasteiger partial charge in [-0.05, 0) is 18.2 Å². The van der Waals surface area contributed by atoms with Gasteiger partial charge in [0.05, 0.1) is 6.54 Å². The molecule has 0 aromatic heterocycles. The number of halogens is 1. The van der Waals surface area contributed by atoms with Crippen LogP contribution < -0.4 is 11.1 Å². The monoisotopic (exact) mass is 196 g/mol. The SMILES string of the molecule is NC(=O)CNC(=O)c1cccc(F)c1. The van der Waals surface area contributed by atoms with Gasteiger partial charge >= 0.3 is 0 Å². The van der Waals surface area contributed by atoms with Gasteiger partial charge in [-0.25, -0.2) is 4.39 Å². The molecule has 0 fully saturated rings. The summed E-state index contributed by atoms with van der Waals surface area (Å²) in [6, 6.07) is 5.16. The van der Waals surface area contributed by atoms with Crippen molar-refractivity contribution in [2.45, 2.75) is 0 Å². The van der Waals surface area contributed by atoms with Crippen molar-refractivity contribution in [2.75, 3.05) is 6.54 Å². The van der Waals surface area contributed by atoms with E-state index in [1.165, 1.54) is 18.2 Å². The lowest BCUT2D eigenvalue weighted by atomic mass is 10.2. The van der Waals surface area contributed by atoms with Crippen LogP contribution in [0.3, 0.4) is 0 Å². The molecule has 1 aromatic rings. The van der Waals surface area contributed by atoms with Gasteiger partial charge in [0.15, 0.2) is 0 Å². The Morgan fingerprint density at radius 2 is 2.14 bits per heavy atom. The van der Waals surface area contributed by atoms with Gasteiger partial charge in [-0.3, -0.25) is 9.59 Å². The molecule has 74 valence electrons. The number of benzene rings is 1. The Kier molecular flexibility index (Phi) is 3.17. The van der Waals surface area contributed by atoms with Crippen LogP contribution in [-0.4, -0.2) is 18.4 Å². The maximum Gasteiger partial charge on any atom is 0.251 e. The molecule has 0 aliphatic heterocycles. The molecule has 1 aromatic carbocycles. The van der Waals surface area contributed by atoms with Gasteiger partial charge in [-0.1, -0.05) is 6.07 Å². The summed E-state index contributed by atoms with van der Waals surface area (Å²) in [5.74, 6) is -1.67. The van der Waals surface area contributed by atoms with Crippen molar-refractivity contribution in [1.82, 2.24) is 5.32 Å². The number of nitrogens with two attached hydrogens (primary N) is 1. The average molecular weight is 196 g/mol. The average Bonchev–Trinajstić information content (AvgIpc) is 2.14. The summed E-state index contributed by atoms with van der Waals surface area (Å²) >= 11 is 0. The zero-order valence-electron chi connectivity index (χ0n) is 7.29. The molecule has 3 N–H and O–H groups in total. The van der Waals surface area contributed by atoms with Gasteiger partial charge in [0.1, 0.15) is 5.82 Å². The first-order chi connectivity index (χ1) is 6.59. The number of hydrogen-bond acceptors (Lipinski definition) is 2. The van der Waals surface area contributed by atoms with Gasteiger partial charge in [0, 0.05) is 5.56 Å². The molecule has 0 bridgehead atoms. The van der Waals surface area contributed by atoms with Crippen molar-refractivity contribution >= 4 is 11.8 Å². The zero-order chi connectivity index (χ0) is 10.6. The zero-order valence-corrected chi connectivity index (χ0v) is 7.29. The van der Waals surface area contributed by atoms with Crippen LogP contribution in [0.2, 0.25) is 0 Å². The maximum absolute atomic E-state index is 12.7. The van der Waals surface area contributed by atoms with E-state index >= 15 is 0 Å². The fraction of sp³-hybridized carbons (Fsp3) is 0.111. The lowest BCUT2D eigenvalue weighted by molar-refractivity contribution is -0.117. The lowest BCUT2D eigenvalue weighted by Gasteiger charge is -2.01. The van der Waals surface area contributed by atoms with E-state index in [0.717, 1.165) is 6.07 Å². The van der Waals surface area contributed by atoms with Gasteiger partial charge in [0.2, 0.25) is 5.91 Å². The standard InChI is InChI=1S/C9H9FN2O2/c10-7-3-1-2-6(4-7)9(14)12-5-8(11)13/h1-4H,5H2,(H2,11,13)(H,12,14). The van der Waals surface area contributed by atoms with Crippen LogP contribution >= 0.6 is 0 Å². The third kappa shape index (κ3) is 2.85. The van der Waals surface area contributed by atoms with Crippen LogP contribution in [-0.2, 0) is 4.79 Å². The normalized spacial score (nSPS) is 9.50. The van der Waals surface area contributed by atoms with E-state index in [4.69, 9.17) is 5.73 Å². The van der Waals surface area contributed by atoms with E-state index in [1.807, 2.05) is 0 Å². The third-order valence-corrected chi connectivity index (χ3v) is 1.51. The Morgan fingerprint density at radius 1 is 1.43 bits per heavy atom. The minimum absolute atomic E-state index is 0.159. The highest BCUT2D eigenvalue weighted by Crippen LogP contribution is 2.02. The van der Waals surface area contributed by atoms with E-state index in [1.54, 1.807) is 0 Å². The minimum atomic E-state index is -0.644. The Bertz CT molecular complexity index is 366. The molecule has 0 saturated heterocycles. The molecule has 5 heteroatoms. The first-order valence-electron chi connectivity index (χ1n) is 3.91. The van der Waals surface area contributed by atoms with Crippen LogP contribution in [0.1, 0.15) is 10.4 Å². The molecule has 4 nitrogen and oxygen atoms in total. The molecule has 1 rings (SSSR count). The van der Waals surface area contributed by atoms with Crippen LogP contribution in [0.4, 0.5) is 4.39 Å². The molecule has 0 saturated carbocycles. The Hall–Kier alpha value is -1.91. The van der Waals surface area contributed by atoms with Crippen molar-refractivity contribution in [2.24, 2.45) is 5.73 Å². The second-order valence-electron chi connectivity index (χ2n) is 2.66. The molecule has 0 spiro atoms. The predicted molar refractivity (Wildman–Crippen MR) is 47.9 cm³/mol. The number of carbonyl (C=O) groups excluding carboxylic acids is 2. The van der Waals surface area contributed by atoms with Gasteiger partial charge in [-0.15, -0.1) is 0 Å². The summed E-state index contributed by atoms with van der Waals surface area (Å²) in [6.07, 6.45) is 0. The molecule has 2 amide bonds. The molecular formula is C9H9FN2O2. The fourth-order valence-electron chi connectivity index (χ4n) is 0.899. The van der Waals surface area contributed by atoms with Gasteiger partial charge in [0.25, 0.3) is 5.91 Å². The number of amides is 2. The maximum atomic E-state index is 12.7. The highest BCUT2D eigenvalue weighted by atomic mass is 19.1. The number of nitrogens with one attached hydrogen (secondary N) is 1. The largest absolute Gasteiger partial charge is 0.368 e. The molecule has 14 heavy (non-hydrogen) atoms. The molecule has 0 atom stereocenters. The van der Waals surface area contributed by atoms with Crippen molar-refractivity contribution in [3.05, 3.63) is 35.6 Å². The second kappa shape index (κ2) is 4.36. The summed E-state index contributed by atoms with van der Waals surface area (Å²) in [4.78, 5) is 21.6. The number of primary amides is 1.